The molecule has 0 amide bonds. The van der Waals surface area contributed by atoms with Crippen LogP contribution in [0.5, 0.6) is 11.5 Å². The second-order valence-corrected chi connectivity index (χ2v) is 4.41. The summed E-state index contributed by atoms with van der Waals surface area (Å²) < 4.78 is 12.9. The first-order valence-corrected chi connectivity index (χ1v) is 6.68. The molecule has 0 spiro atoms. The van der Waals surface area contributed by atoms with Gasteiger partial charge in [0.15, 0.2) is 17.7 Å². The van der Waals surface area contributed by atoms with Crippen LogP contribution in [0.2, 0.25) is 0 Å². The SMILES string of the molecule is CCOc1ccc(/C=C/c2cccc[n+]2C)cc1OC.[I-]. The highest BCUT2D eigenvalue weighted by Crippen LogP contribution is 2.28. The third-order valence-electron chi connectivity index (χ3n) is 3.03. The van der Waals surface area contributed by atoms with E-state index in [4.69, 9.17) is 9.47 Å². The van der Waals surface area contributed by atoms with E-state index >= 15 is 0 Å². The normalized spacial score (nSPS) is 10.2. The Kier molecular flexibility index (Phi) is 7.22. The van der Waals surface area contributed by atoms with Crippen molar-refractivity contribution in [1.82, 2.24) is 0 Å². The molecule has 1 aromatic heterocycles. The summed E-state index contributed by atoms with van der Waals surface area (Å²) in [5.74, 6) is 1.53. The number of aryl methyl sites for hydroxylation is 1. The van der Waals surface area contributed by atoms with Crippen LogP contribution in [-0.4, -0.2) is 13.7 Å². The Morgan fingerprint density at radius 2 is 1.90 bits per heavy atom. The topological polar surface area (TPSA) is 22.3 Å². The maximum absolute atomic E-state index is 5.51. The van der Waals surface area contributed by atoms with Gasteiger partial charge in [-0.1, -0.05) is 6.07 Å². The Morgan fingerprint density at radius 3 is 2.57 bits per heavy atom. The van der Waals surface area contributed by atoms with Crippen molar-refractivity contribution < 1.29 is 38.0 Å². The quantitative estimate of drug-likeness (QED) is 0.528. The van der Waals surface area contributed by atoms with Crippen molar-refractivity contribution in [3.63, 3.8) is 0 Å². The molecule has 3 nitrogen and oxygen atoms in total. The third-order valence-corrected chi connectivity index (χ3v) is 3.03. The summed E-state index contributed by atoms with van der Waals surface area (Å²) in [6.45, 7) is 2.59. The molecule has 21 heavy (non-hydrogen) atoms. The highest BCUT2D eigenvalue weighted by Gasteiger charge is 2.04. The molecule has 112 valence electrons. The minimum atomic E-state index is 0. The van der Waals surface area contributed by atoms with Gasteiger partial charge in [-0.15, -0.1) is 0 Å². The van der Waals surface area contributed by atoms with Crippen LogP contribution in [0.1, 0.15) is 18.2 Å². The fraction of sp³-hybridized carbons (Fsp3) is 0.235. The van der Waals surface area contributed by atoms with Gasteiger partial charge < -0.3 is 33.5 Å². The number of nitrogens with zero attached hydrogens (tertiary/aromatic N) is 1. The lowest BCUT2D eigenvalue weighted by Gasteiger charge is -2.09. The zero-order valence-electron chi connectivity index (χ0n) is 12.5. The molecule has 0 fully saturated rings. The third kappa shape index (κ3) is 4.74. The Balaban J connectivity index is 0.00000220. The first-order chi connectivity index (χ1) is 9.74. The average molecular weight is 397 g/mol. The molecule has 0 radical (unpaired) electrons. The molecule has 0 N–H and O–H groups in total. The van der Waals surface area contributed by atoms with Crippen molar-refractivity contribution in [2.24, 2.45) is 7.05 Å². The Bertz CT molecular complexity index is 611. The van der Waals surface area contributed by atoms with E-state index in [2.05, 4.69) is 22.8 Å². The summed E-state index contributed by atoms with van der Waals surface area (Å²) in [5, 5.41) is 0. The Labute approximate surface area is 143 Å². The lowest BCUT2D eigenvalue weighted by molar-refractivity contribution is -0.673. The average Bonchev–Trinajstić information content (AvgIpc) is 2.48. The van der Waals surface area contributed by atoms with Gasteiger partial charge in [0.1, 0.15) is 7.05 Å². The summed E-state index contributed by atoms with van der Waals surface area (Å²) >= 11 is 0. The summed E-state index contributed by atoms with van der Waals surface area (Å²) in [7, 11) is 3.68. The van der Waals surface area contributed by atoms with Gasteiger partial charge in [-0.3, -0.25) is 0 Å². The minimum absolute atomic E-state index is 0. The molecule has 0 aliphatic rings. The summed E-state index contributed by atoms with van der Waals surface area (Å²) in [6.07, 6.45) is 6.17. The fourth-order valence-corrected chi connectivity index (χ4v) is 1.95. The molecule has 2 rings (SSSR count). The highest BCUT2D eigenvalue weighted by molar-refractivity contribution is 5.68. The molecule has 4 heteroatoms. The molecule has 0 aliphatic carbocycles. The molecule has 0 saturated heterocycles. The van der Waals surface area contributed by atoms with Crippen LogP contribution in [0.3, 0.4) is 0 Å². The van der Waals surface area contributed by atoms with Crippen molar-refractivity contribution in [3.05, 3.63) is 53.9 Å². The molecule has 2 aromatic rings. The standard InChI is InChI=1S/C17H20NO2.HI/c1-4-20-16-11-9-14(13-17(16)19-3)8-10-15-7-5-6-12-18(15)2;/h5-13H,4H2,1-3H3;1H/q+1;/p-1/b10-8+;. The molecule has 1 heterocycles. The number of pyridine rings is 1. The van der Waals surface area contributed by atoms with Gasteiger partial charge in [-0.2, -0.15) is 0 Å². The van der Waals surface area contributed by atoms with Crippen molar-refractivity contribution in [3.8, 4) is 11.5 Å². The largest absolute Gasteiger partial charge is 1.00 e. The number of benzene rings is 1. The first kappa shape index (κ1) is 17.5. The van der Waals surface area contributed by atoms with Crippen LogP contribution in [0, 0.1) is 0 Å². The molecular formula is C17H20INO2. The van der Waals surface area contributed by atoms with E-state index in [0.717, 1.165) is 22.8 Å². The van der Waals surface area contributed by atoms with Crippen LogP contribution in [0.15, 0.2) is 42.6 Å². The summed E-state index contributed by atoms with van der Waals surface area (Å²) in [6, 6.07) is 12.0. The second kappa shape index (κ2) is 8.67. The molecule has 0 atom stereocenters. The van der Waals surface area contributed by atoms with Crippen molar-refractivity contribution >= 4 is 12.2 Å². The zero-order chi connectivity index (χ0) is 14.4. The van der Waals surface area contributed by atoms with E-state index in [1.54, 1.807) is 7.11 Å². The number of hydrogen-bond acceptors (Lipinski definition) is 2. The Morgan fingerprint density at radius 1 is 1.10 bits per heavy atom. The van der Waals surface area contributed by atoms with Gasteiger partial charge in [0.2, 0.25) is 5.69 Å². The molecule has 0 saturated carbocycles. The molecule has 1 aromatic carbocycles. The number of hydrogen-bond donors (Lipinski definition) is 0. The first-order valence-electron chi connectivity index (χ1n) is 6.68. The van der Waals surface area contributed by atoms with Crippen LogP contribution in [0.25, 0.3) is 12.2 Å². The van der Waals surface area contributed by atoms with Crippen LogP contribution in [-0.2, 0) is 7.05 Å². The summed E-state index contributed by atoms with van der Waals surface area (Å²) in [5.41, 5.74) is 2.22. The van der Waals surface area contributed by atoms with E-state index in [1.165, 1.54) is 0 Å². The number of methoxy groups -OCH3 is 1. The lowest BCUT2D eigenvalue weighted by Crippen LogP contribution is -3.00. The minimum Gasteiger partial charge on any atom is -1.00 e. The smallest absolute Gasteiger partial charge is 0.204 e. The predicted octanol–water partition coefficient (Wildman–Crippen LogP) is 0.0928. The zero-order valence-corrected chi connectivity index (χ0v) is 14.7. The molecule has 0 bridgehead atoms. The molecule has 0 aliphatic heterocycles. The predicted molar refractivity (Wildman–Crippen MR) is 80.7 cm³/mol. The van der Waals surface area contributed by atoms with E-state index < -0.39 is 0 Å². The van der Waals surface area contributed by atoms with Gasteiger partial charge in [0, 0.05) is 18.2 Å². The highest BCUT2D eigenvalue weighted by atomic mass is 127. The van der Waals surface area contributed by atoms with Crippen LogP contribution < -0.4 is 38.0 Å². The number of halogens is 1. The van der Waals surface area contributed by atoms with Gasteiger partial charge >= 0.3 is 0 Å². The number of aromatic nitrogens is 1. The second-order valence-electron chi connectivity index (χ2n) is 4.41. The van der Waals surface area contributed by atoms with E-state index in [0.29, 0.717) is 6.61 Å². The van der Waals surface area contributed by atoms with Crippen molar-refractivity contribution in [2.75, 3.05) is 13.7 Å². The number of rotatable bonds is 5. The maximum atomic E-state index is 5.51. The van der Waals surface area contributed by atoms with Gasteiger partial charge in [0.05, 0.1) is 13.7 Å². The van der Waals surface area contributed by atoms with E-state index in [-0.39, 0.29) is 24.0 Å². The van der Waals surface area contributed by atoms with Gasteiger partial charge in [-0.25, -0.2) is 4.57 Å². The van der Waals surface area contributed by atoms with E-state index in [1.807, 2.05) is 50.5 Å². The van der Waals surface area contributed by atoms with Crippen LogP contribution >= 0.6 is 0 Å². The van der Waals surface area contributed by atoms with E-state index in [9.17, 15) is 0 Å². The Hall–Kier alpha value is -1.56. The maximum Gasteiger partial charge on any atom is 0.204 e. The van der Waals surface area contributed by atoms with Gasteiger partial charge in [0.25, 0.3) is 0 Å². The number of ether oxygens (including phenoxy) is 2. The van der Waals surface area contributed by atoms with Crippen molar-refractivity contribution in [1.29, 1.82) is 0 Å². The van der Waals surface area contributed by atoms with Crippen LogP contribution in [0.4, 0.5) is 0 Å². The monoisotopic (exact) mass is 397 g/mol. The summed E-state index contributed by atoms with van der Waals surface area (Å²) in [4.78, 5) is 0. The molecular weight excluding hydrogens is 377 g/mol. The molecule has 0 unspecified atom stereocenters. The van der Waals surface area contributed by atoms with Gasteiger partial charge in [-0.05, 0) is 36.8 Å². The fourth-order valence-electron chi connectivity index (χ4n) is 1.95. The lowest BCUT2D eigenvalue weighted by atomic mass is 10.1. The van der Waals surface area contributed by atoms with Crippen molar-refractivity contribution in [2.45, 2.75) is 6.92 Å².